The van der Waals surface area contributed by atoms with Crippen molar-refractivity contribution >= 4 is 23.4 Å². The SMILES string of the molecule is COC(=O)c1cc(Cl)cnc1N1CCC(Oc2ccccc2)C1. The van der Waals surface area contributed by atoms with Gasteiger partial charge in [-0.2, -0.15) is 0 Å². The molecule has 0 N–H and O–H groups in total. The Bertz CT molecular complexity index is 693. The van der Waals surface area contributed by atoms with Crippen LogP contribution in [0.3, 0.4) is 0 Å². The van der Waals surface area contributed by atoms with Crippen molar-refractivity contribution in [3.05, 3.63) is 53.2 Å². The van der Waals surface area contributed by atoms with E-state index in [2.05, 4.69) is 4.98 Å². The van der Waals surface area contributed by atoms with E-state index in [4.69, 9.17) is 21.1 Å². The molecule has 0 bridgehead atoms. The van der Waals surface area contributed by atoms with Crippen LogP contribution in [0.1, 0.15) is 16.8 Å². The molecule has 0 radical (unpaired) electrons. The molecule has 1 saturated heterocycles. The molecule has 0 spiro atoms. The zero-order valence-corrected chi connectivity index (χ0v) is 13.5. The number of esters is 1. The number of nitrogens with zero attached hydrogens (tertiary/aromatic N) is 2. The van der Waals surface area contributed by atoms with E-state index in [1.807, 2.05) is 35.2 Å². The van der Waals surface area contributed by atoms with E-state index in [0.29, 0.717) is 22.9 Å². The number of hydrogen-bond acceptors (Lipinski definition) is 5. The summed E-state index contributed by atoms with van der Waals surface area (Å²) in [4.78, 5) is 18.3. The Morgan fingerprint density at radius 2 is 2.13 bits per heavy atom. The molecule has 1 aliphatic rings. The van der Waals surface area contributed by atoms with Gasteiger partial charge in [-0.1, -0.05) is 29.8 Å². The molecule has 6 heteroatoms. The van der Waals surface area contributed by atoms with E-state index in [1.165, 1.54) is 13.3 Å². The molecule has 2 heterocycles. The molecule has 1 aromatic heterocycles. The number of rotatable bonds is 4. The van der Waals surface area contributed by atoms with Crippen molar-refractivity contribution in [2.24, 2.45) is 0 Å². The summed E-state index contributed by atoms with van der Waals surface area (Å²) in [7, 11) is 1.35. The summed E-state index contributed by atoms with van der Waals surface area (Å²) in [6, 6.07) is 11.3. The van der Waals surface area contributed by atoms with Crippen LogP contribution >= 0.6 is 11.6 Å². The molecule has 0 aliphatic carbocycles. The van der Waals surface area contributed by atoms with Crippen LogP contribution in [0.25, 0.3) is 0 Å². The monoisotopic (exact) mass is 332 g/mol. The van der Waals surface area contributed by atoms with Crippen molar-refractivity contribution < 1.29 is 14.3 Å². The smallest absolute Gasteiger partial charge is 0.341 e. The predicted molar refractivity (Wildman–Crippen MR) is 88.3 cm³/mol. The van der Waals surface area contributed by atoms with Crippen LogP contribution in [0.4, 0.5) is 5.82 Å². The number of methoxy groups -OCH3 is 1. The van der Waals surface area contributed by atoms with Crippen molar-refractivity contribution in [1.82, 2.24) is 4.98 Å². The maximum absolute atomic E-state index is 11.9. The number of carbonyl (C=O) groups excluding carboxylic acids is 1. The van der Waals surface area contributed by atoms with Crippen LogP contribution in [-0.2, 0) is 4.74 Å². The summed E-state index contributed by atoms with van der Waals surface area (Å²) < 4.78 is 10.8. The molecule has 1 unspecified atom stereocenters. The van der Waals surface area contributed by atoms with E-state index in [1.54, 1.807) is 6.07 Å². The van der Waals surface area contributed by atoms with Crippen LogP contribution in [0.2, 0.25) is 5.02 Å². The van der Waals surface area contributed by atoms with Gasteiger partial charge >= 0.3 is 5.97 Å². The maximum Gasteiger partial charge on any atom is 0.341 e. The number of aromatic nitrogens is 1. The summed E-state index contributed by atoms with van der Waals surface area (Å²) in [5.41, 5.74) is 0.375. The maximum atomic E-state index is 11.9. The molecule has 1 aromatic carbocycles. The Kier molecular flexibility index (Phi) is 4.67. The Morgan fingerprint density at radius 1 is 1.35 bits per heavy atom. The molecule has 1 atom stereocenters. The van der Waals surface area contributed by atoms with Crippen LogP contribution in [-0.4, -0.2) is 37.3 Å². The van der Waals surface area contributed by atoms with Gasteiger partial charge in [0.25, 0.3) is 0 Å². The Balaban J connectivity index is 1.75. The fraction of sp³-hybridized carbons (Fsp3) is 0.294. The van der Waals surface area contributed by atoms with Gasteiger partial charge < -0.3 is 14.4 Å². The molecule has 120 valence electrons. The zero-order chi connectivity index (χ0) is 16.2. The first-order valence-corrected chi connectivity index (χ1v) is 7.75. The molecule has 1 fully saturated rings. The third-order valence-corrected chi connectivity index (χ3v) is 3.94. The van der Waals surface area contributed by atoms with Gasteiger partial charge in [0.1, 0.15) is 23.2 Å². The van der Waals surface area contributed by atoms with Gasteiger partial charge in [-0.3, -0.25) is 0 Å². The van der Waals surface area contributed by atoms with Crippen molar-refractivity contribution in [1.29, 1.82) is 0 Å². The Hall–Kier alpha value is -2.27. The number of anilines is 1. The lowest BCUT2D eigenvalue weighted by molar-refractivity contribution is 0.0601. The van der Waals surface area contributed by atoms with Gasteiger partial charge in [0, 0.05) is 19.2 Å². The first-order chi connectivity index (χ1) is 11.2. The summed E-state index contributed by atoms with van der Waals surface area (Å²) >= 11 is 5.95. The van der Waals surface area contributed by atoms with E-state index in [9.17, 15) is 4.79 Å². The molecular weight excluding hydrogens is 316 g/mol. The topological polar surface area (TPSA) is 51.7 Å². The van der Waals surface area contributed by atoms with E-state index in [0.717, 1.165) is 18.7 Å². The fourth-order valence-electron chi connectivity index (χ4n) is 2.65. The van der Waals surface area contributed by atoms with Crippen molar-refractivity contribution in [2.45, 2.75) is 12.5 Å². The quantitative estimate of drug-likeness (QED) is 0.805. The summed E-state index contributed by atoms with van der Waals surface area (Å²) in [6.07, 6.45) is 2.45. The number of benzene rings is 1. The van der Waals surface area contributed by atoms with Gasteiger partial charge in [-0.25, -0.2) is 9.78 Å². The lowest BCUT2D eigenvalue weighted by Crippen LogP contribution is -2.27. The second-order valence-electron chi connectivity index (χ2n) is 5.30. The molecule has 5 nitrogen and oxygen atoms in total. The lowest BCUT2D eigenvalue weighted by atomic mass is 10.2. The highest BCUT2D eigenvalue weighted by molar-refractivity contribution is 6.30. The third kappa shape index (κ3) is 3.56. The highest BCUT2D eigenvalue weighted by Crippen LogP contribution is 2.27. The minimum Gasteiger partial charge on any atom is -0.489 e. The average molecular weight is 333 g/mol. The van der Waals surface area contributed by atoms with Crippen molar-refractivity contribution in [2.75, 3.05) is 25.1 Å². The number of halogens is 1. The second kappa shape index (κ2) is 6.87. The van der Waals surface area contributed by atoms with Crippen LogP contribution in [0.5, 0.6) is 5.75 Å². The van der Waals surface area contributed by atoms with Gasteiger partial charge in [-0.05, 0) is 18.2 Å². The first-order valence-electron chi connectivity index (χ1n) is 7.38. The molecule has 1 aliphatic heterocycles. The van der Waals surface area contributed by atoms with Crippen LogP contribution in [0, 0.1) is 0 Å². The fourth-order valence-corrected chi connectivity index (χ4v) is 2.81. The Morgan fingerprint density at radius 3 is 2.87 bits per heavy atom. The summed E-state index contributed by atoms with van der Waals surface area (Å²) in [5.74, 6) is 0.986. The van der Waals surface area contributed by atoms with Crippen LogP contribution < -0.4 is 9.64 Å². The van der Waals surface area contributed by atoms with Gasteiger partial charge in [0.05, 0.1) is 18.7 Å². The number of hydrogen-bond donors (Lipinski definition) is 0. The minimum absolute atomic E-state index is 0.0559. The van der Waals surface area contributed by atoms with Crippen molar-refractivity contribution in [3.8, 4) is 5.75 Å². The second-order valence-corrected chi connectivity index (χ2v) is 5.74. The number of pyridine rings is 1. The lowest BCUT2D eigenvalue weighted by Gasteiger charge is -2.20. The highest BCUT2D eigenvalue weighted by Gasteiger charge is 2.28. The normalized spacial score (nSPS) is 17.1. The van der Waals surface area contributed by atoms with Crippen molar-refractivity contribution in [3.63, 3.8) is 0 Å². The first kappa shape index (κ1) is 15.6. The minimum atomic E-state index is -0.442. The van der Waals surface area contributed by atoms with E-state index >= 15 is 0 Å². The van der Waals surface area contributed by atoms with Crippen LogP contribution in [0.15, 0.2) is 42.6 Å². The highest BCUT2D eigenvalue weighted by atomic mass is 35.5. The van der Waals surface area contributed by atoms with Gasteiger partial charge in [0.2, 0.25) is 0 Å². The summed E-state index contributed by atoms with van der Waals surface area (Å²) in [5, 5.41) is 0.408. The molecule has 23 heavy (non-hydrogen) atoms. The third-order valence-electron chi connectivity index (χ3n) is 3.73. The molecular formula is C17H17ClN2O3. The zero-order valence-electron chi connectivity index (χ0n) is 12.7. The predicted octanol–water partition coefficient (Wildman–Crippen LogP) is 3.18. The average Bonchev–Trinajstić information content (AvgIpc) is 3.03. The molecule has 2 aromatic rings. The molecule has 0 amide bonds. The summed E-state index contributed by atoms with van der Waals surface area (Å²) in [6.45, 7) is 1.42. The Labute approximate surface area is 139 Å². The number of ether oxygens (including phenoxy) is 2. The van der Waals surface area contributed by atoms with Gasteiger partial charge in [0.15, 0.2) is 0 Å². The van der Waals surface area contributed by atoms with E-state index < -0.39 is 5.97 Å². The number of carbonyl (C=O) groups is 1. The molecule has 3 rings (SSSR count). The van der Waals surface area contributed by atoms with E-state index in [-0.39, 0.29) is 6.10 Å². The largest absolute Gasteiger partial charge is 0.489 e. The standard InChI is InChI=1S/C17H17ClN2O3/c1-22-17(21)15-9-12(18)10-19-16(15)20-8-7-14(11-20)23-13-5-3-2-4-6-13/h2-6,9-10,14H,7-8,11H2,1H3. The molecule has 0 saturated carbocycles. The van der Waals surface area contributed by atoms with Gasteiger partial charge in [-0.15, -0.1) is 0 Å². The number of para-hydroxylation sites is 1.